The molecule has 0 unspecified atom stereocenters. The average molecular weight is 283 g/mol. The SMILES string of the molecule is Cc1c(Cl)cnn1Cc1cc(F)cc(/C(N)=N/O)c1. The first-order chi connectivity index (χ1) is 9.01. The molecule has 1 heterocycles. The maximum absolute atomic E-state index is 13.5. The first-order valence-corrected chi connectivity index (χ1v) is 5.84. The van der Waals surface area contributed by atoms with E-state index in [1.54, 1.807) is 10.7 Å². The third kappa shape index (κ3) is 2.85. The van der Waals surface area contributed by atoms with Crippen molar-refractivity contribution in [2.24, 2.45) is 10.9 Å². The number of hydrogen-bond donors (Lipinski definition) is 2. The van der Waals surface area contributed by atoms with Crippen LogP contribution in [0.25, 0.3) is 0 Å². The fourth-order valence-corrected chi connectivity index (χ4v) is 1.84. The third-order valence-corrected chi connectivity index (χ3v) is 3.11. The number of rotatable bonds is 3. The van der Waals surface area contributed by atoms with Crippen LogP contribution in [0.1, 0.15) is 16.8 Å². The Morgan fingerprint density at radius 2 is 2.26 bits per heavy atom. The zero-order chi connectivity index (χ0) is 14.0. The molecule has 2 aromatic rings. The summed E-state index contributed by atoms with van der Waals surface area (Å²) in [6, 6.07) is 4.19. The molecular weight excluding hydrogens is 271 g/mol. The van der Waals surface area contributed by atoms with E-state index in [9.17, 15) is 4.39 Å². The zero-order valence-corrected chi connectivity index (χ0v) is 10.9. The van der Waals surface area contributed by atoms with Gasteiger partial charge in [0.1, 0.15) is 5.82 Å². The van der Waals surface area contributed by atoms with Gasteiger partial charge in [-0.2, -0.15) is 5.10 Å². The normalized spacial score (nSPS) is 11.8. The summed E-state index contributed by atoms with van der Waals surface area (Å²) in [4.78, 5) is 0. The minimum Gasteiger partial charge on any atom is -0.409 e. The maximum atomic E-state index is 13.5. The van der Waals surface area contributed by atoms with Crippen LogP contribution in [-0.2, 0) is 6.54 Å². The second kappa shape index (κ2) is 5.27. The topological polar surface area (TPSA) is 76.4 Å². The van der Waals surface area contributed by atoms with Crippen LogP contribution in [0.5, 0.6) is 0 Å². The van der Waals surface area contributed by atoms with Gasteiger partial charge in [0.25, 0.3) is 0 Å². The molecule has 0 spiro atoms. The highest BCUT2D eigenvalue weighted by Crippen LogP contribution is 2.16. The van der Waals surface area contributed by atoms with Crippen molar-refractivity contribution < 1.29 is 9.60 Å². The minimum atomic E-state index is -0.463. The van der Waals surface area contributed by atoms with E-state index in [1.807, 2.05) is 6.92 Å². The number of nitrogens with two attached hydrogens (primary N) is 1. The molecule has 0 saturated carbocycles. The Morgan fingerprint density at radius 1 is 1.53 bits per heavy atom. The van der Waals surface area contributed by atoms with E-state index in [4.69, 9.17) is 22.5 Å². The quantitative estimate of drug-likeness (QED) is 0.392. The summed E-state index contributed by atoms with van der Waals surface area (Å²) in [6.45, 7) is 2.17. The van der Waals surface area contributed by atoms with Crippen LogP contribution in [0.2, 0.25) is 5.02 Å². The van der Waals surface area contributed by atoms with Gasteiger partial charge in [-0.1, -0.05) is 16.8 Å². The molecule has 0 amide bonds. The molecule has 0 bridgehead atoms. The summed E-state index contributed by atoms with van der Waals surface area (Å²) in [5.41, 5.74) is 7.19. The lowest BCUT2D eigenvalue weighted by atomic mass is 10.1. The van der Waals surface area contributed by atoms with Crippen LogP contribution in [0.15, 0.2) is 29.6 Å². The van der Waals surface area contributed by atoms with Gasteiger partial charge in [0.2, 0.25) is 0 Å². The van der Waals surface area contributed by atoms with Crippen LogP contribution >= 0.6 is 11.6 Å². The summed E-state index contributed by atoms with van der Waals surface area (Å²) in [7, 11) is 0. The molecule has 0 atom stereocenters. The van der Waals surface area contributed by atoms with Crippen molar-refractivity contribution in [2.45, 2.75) is 13.5 Å². The van der Waals surface area contributed by atoms with Gasteiger partial charge in [0.15, 0.2) is 5.84 Å². The molecule has 7 heteroatoms. The van der Waals surface area contributed by atoms with Gasteiger partial charge in [-0.15, -0.1) is 0 Å². The molecule has 0 aliphatic rings. The maximum Gasteiger partial charge on any atom is 0.170 e. The molecule has 0 aliphatic heterocycles. The molecule has 100 valence electrons. The van der Waals surface area contributed by atoms with Crippen molar-refractivity contribution in [1.29, 1.82) is 0 Å². The molecule has 5 nitrogen and oxygen atoms in total. The number of halogens is 2. The van der Waals surface area contributed by atoms with Crippen LogP contribution in [-0.4, -0.2) is 20.8 Å². The fraction of sp³-hybridized carbons (Fsp3) is 0.167. The molecule has 0 radical (unpaired) electrons. The summed E-state index contributed by atoms with van der Waals surface area (Å²) in [6.07, 6.45) is 1.53. The lowest BCUT2D eigenvalue weighted by Gasteiger charge is -2.07. The second-order valence-corrected chi connectivity index (χ2v) is 4.48. The summed E-state index contributed by atoms with van der Waals surface area (Å²) in [5.74, 6) is -0.606. The highest BCUT2D eigenvalue weighted by atomic mass is 35.5. The van der Waals surface area contributed by atoms with Gasteiger partial charge < -0.3 is 10.9 Å². The van der Waals surface area contributed by atoms with Crippen molar-refractivity contribution >= 4 is 17.4 Å². The molecule has 19 heavy (non-hydrogen) atoms. The van der Waals surface area contributed by atoms with Gasteiger partial charge in [-0.3, -0.25) is 4.68 Å². The Morgan fingerprint density at radius 3 is 2.84 bits per heavy atom. The first-order valence-electron chi connectivity index (χ1n) is 5.46. The standard InChI is InChI=1S/C12H12ClFN4O/c1-7-11(13)5-16-18(7)6-8-2-9(12(15)17-19)4-10(14)3-8/h2-5,19H,6H2,1H3,(H2,15,17). The van der Waals surface area contributed by atoms with Crippen LogP contribution < -0.4 is 5.73 Å². The van der Waals surface area contributed by atoms with E-state index < -0.39 is 5.82 Å². The third-order valence-electron chi connectivity index (χ3n) is 2.74. The Balaban J connectivity index is 2.35. The van der Waals surface area contributed by atoms with Gasteiger partial charge in [-0.05, 0) is 30.7 Å². The Kier molecular flexibility index (Phi) is 3.71. The number of aromatic nitrogens is 2. The number of nitrogens with zero attached hydrogens (tertiary/aromatic N) is 3. The molecule has 1 aromatic carbocycles. The van der Waals surface area contributed by atoms with E-state index in [-0.39, 0.29) is 5.84 Å². The second-order valence-electron chi connectivity index (χ2n) is 4.07. The number of hydrogen-bond acceptors (Lipinski definition) is 3. The van der Waals surface area contributed by atoms with Gasteiger partial charge in [-0.25, -0.2) is 4.39 Å². The van der Waals surface area contributed by atoms with Crippen LogP contribution in [0.4, 0.5) is 4.39 Å². The van der Waals surface area contributed by atoms with Crippen LogP contribution in [0, 0.1) is 12.7 Å². The lowest BCUT2D eigenvalue weighted by molar-refractivity contribution is 0.318. The van der Waals surface area contributed by atoms with Crippen molar-refractivity contribution in [3.63, 3.8) is 0 Å². The Hall–Kier alpha value is -2.08. The molecule has 2 rings (SSSR count). The van der Waals surface area contributed by atoms with Crippen molar-refractivity contribution in [2.75, 3.05) is 0 Å². The molecule has 0 saturated heterocycles. The lowest BCUT2D eigenvalue weighted by Crippen LogP contribution is -2.14. The smallest absolute Gasteiger partial charge is 0.170 e. The predicted octanol–water partition coefficient (Wildman–Crippen LogP) is 2.13. The number of benzene rings is 1. The minimum absolute atomic E-state index is 0.143. The predicted molar refractivity (Wildman–Crippen MR) is 70.0 cm³/mol. The summed E-state index contributed by atoms with van der Waals surface area (Å²) >= 11 is 5.90. The van der Waals surface area contributed by atoms with E-state index in [1.165, 1.54) is 18.3 Å². The summed E-state index contributed by atoms with van der Waals surface area (Å²) < 4.78 is 15.1. The highest BCUT2D eigenvalue weighted by molar-refractivity contribution is 6.31. The molecule has 0 aliphatic carbocycles. The molecule has 3 N–H and O–H groups in total. The van der Waals surface area contributed by atoms with Gasteiger partial charge in [0, 0.05) is 5.56 Å². The van der Waals surface area contributed by atoms with Gasteiger partial charge in [0.05, 0.1) is 23.5 Å². The Labute approximate surface area is 114 Å². The van der Waals surface area contributed by atoms with E-state index >= 15 is 0 Å². The largest absolute Gasteiger partial charge is 0.409 e. The first kappa shape index (κ1) is 13.4. The van der Waals surface area contributed by atoms with E-state index in [2.05, 4.69) is 10.3 Å². The number of amidine groups is 1. The van der Waals surface area contributed by atoms with E-state index in [0.717, 1.165) is 5.69 Å². The van der Waals surface area contributed by atoms with E-state index in [0.29, 0.717) is 22.7 Å². The average Bonchev–Trinajstić information content (AvgIpc) is 2.69. The number of oxime groups is 1. The Bertz CT molecular complexity index is 639. The van der Waals surface area contributed by atoms with Crippen LogP contribution in [0.3, 0.4) is 0 Å². The molecule has 0 fully saturated rings. The monoisotopic (exact) mass is 282 g/mol. The highest BCUT2D eigenvalue weighted by Gasteiger charge is 2.08. The zero-order valence-electron chi connectivity index (χ0n) is 10.1. The fourth-order valence-electron chi connectivity index (χ4n) is 1.70. The van der Waals surface area contributed by atoms with Gasteiger partial charge >= 0.3 is 0 Å². The molecular formula is C12H12ClFN4O. The molecule has 1 aromatic heterocycles. The van der Waals surface area contributed by atoms with Crippen molar-refractivity contribution in [3.05, 3.63) is 52.1 Å². The van der Waals surface area contributed by atoms with Crippen molar-refractivity contribution in [3.8, 4) is 0 Å². The summed E-state index contributed by atoms with van der Waals surface area (Å²) in [5, 5.41) is 16.1. The van der Waals surface area contributed by atoms with Crippen molar-refractivity contribution in [1.82, 2.24) is 9.78 Å².